The van der Waals surface area contributed by atoms with Crippen LogP contribution >= 0.6 is 0 Å². The lowest BCUT2D eigenvalue weighted by molar-refractivity contribution is -0.118. The summed E-state index contributed by atoms with van der Waals surface area (Å²) in [5.41, 5.74) is 0. The summed E-state index contributed by atoms with van der Waals surface area (Å²) in [6, 6.07) is 0.558. The molecule has 0 aliphatic carbocycles. The zero-order valence-electron chi connectivity index (χ0n) is 12.2. The van der Waals surface area contributed by atoms with Crippen molar-refractivity contribution in [3.8, 4) is 0 Å². The van der Waals surface area contributed by atoms with Crippen molar-refractivity contribution in [1.82, 2.24) is 15.5 Å². The third kappa shape index (κ3) is 5.83. The monoisotopic (exact) mass is 255 g/mol. The number of rotatable bonds is 7. The average Bonchev–Trinajstić information content (AvgIpc) is 2.35. The minimum atomic E-state index is 0.0531. The third-order valence-corrected chi connectivity index (χ3v) is 3.84. The molecule has 1 fully saturated rings. The van der Waals surface area contributed by atoms with Crippen LogP contribution < -0.4 is 10.6 Å². The number of hydrogen-bond donors (Lipinski definition) is 2. The first-order valence-corrected chi connectivity index (χ1v) is 7.33. The molecule has 1 atom stereocenters. The average molecular weight is 255 g/mol. The maximum atomic E-state index is 10.7. The molecule has 4 nitrogen and oxygen atoms in total. The molecule has 18 heavy (non-hydrogen) atoms. The van der Waals surface area contributed by atoms with E-state index in [1.54, 1.807) is 6.92 Å². The predicted molar refractivity (Wildman–Crippen MR) is 75.6 cm³/mol. The van der Waals surface area contributed by atoms with Crippen molar-refractivity contribution in [3.05, 3.63) is 0 Å². The Morgan fingerprint density at radius 2 is 2.00 bits per heavy atom. The molecule has 1 amide bonds. The summed E-state index contributed by atoms with van der Waals surface area (Å²) in [6.45, 7) is 11.4. The summed E-state index contributed by atoms with van der Waals surface area (Å²) < 4.78 is 0. The van der Waals surface area contributed by atoms with E-state index in [0.29, 0.717) is 6.04 Å². The molecule has 0 spiro atoms. The lowest BCUT2D eigenvalue weighted by Gasteiger charge is -2.35. The molecule has 1 aliphatic heterocycles. The van der Waals surface area contributed by atoms with Gasteiger partial charge < -0.3 is 15.5 Å². The molecule has 0 bridgehead atoms. The fourth-order valence-corrected chi connectivity index (χ4v) is 2.70. The summed E-state index contributed by atoms with van der Waals surface area (Å²) in [5.74, 6) is 0.841. The van der Waals surface area contributed by atoms with E-state index in [0.717, 1.165) is 19.0 Å². The first-order valence-electron chi connectivity index (χ1n) is 7.33. The van der Waals surface area contributed by atoms with Gasteiger partial charge in [0.15, 0.2) is 0 Å². The molecule has 1 aliphatic rings. The molecule has 0 saturated carbocycles. The van der Waals surface area contributed by atoms with Gasteiger partial charge in [-0.3, -0.25) is 4.79 Å². The van der Waals surface area contributed by atoms with Crippen LogP contribution in [0.5, 0.6) is 0 Å². The fraction of sp³-hybridized carbons (Fsp3) is 0.929. The van der Waals surface area contributed by atoms with E-state index in [4.69, 9.17) is 0 Å². The standard InChI is InChI=1S/C14H29N3O/c1-4-9-17-10-5-14(6-11-17)12(2)15-7-8-16-13(3)18/h12,14-15H,4-11H2,1-3H3,(H,16,18). The van der Waals surface area contributed by atoms with Crippen molar-refractivity contribution in [2.45, 2.75) is 46.1 Å². The molecule has 4 heteroatoms. The Kier molecular flexibility index (Phi) is 7.28. The maximum Gasteiger partial charge on any atom is 0.216 e. The van der Waals surface area contributed by atoms with Crippen LogP contribution in [0.25, 0.3) is 0 Å². The molecule has 1 unspecified atom stereocenters. The summed E-state index contributed by atoms with van der Waals surface area (Å²) in [5, 5.41) is 6.34. The number of piperidine rings is 1. The molecular formula is C14H29N3O. The second-order valence-corrected chi connectivity index (χ2v) is 5.40. The Morgan fingerprint density at radius 3 is 2.56 bits per heavy atom. The Labute approximate surface area is 111 Å². The third-order valence-electron chi connectivity index (χ3n) is 3.84. The number of carbonyl (C=O) groups is 1. The van der Waals surface area contributed by atoms with Crippen LogP contribution in [0.3, 0.4) is 0 Å². The highest BCUT2D eigenvalue weighted by atomic mass is 16.1. The Morgan fingerprint density at radius 1 is 1.33 bits per heavy atom. The van der Waals surface area contributed by atoms with Gasteiger partial charge in [-0.15, -0.1) is 0 Å². The predicted octanol–water partition coefficient (Wildman–Crippen LogP) is 1.22. The maximum absolute atomic E-state index is 10.7. The van der Waals surface area contributed by atoms with Crippen LogP contribution in [0.2, 0.25) is 0 Å². The van der Waals surface area contributed by atoms with Gasteiger partial charge in [-0.1, -0.05) is 6.92 Å². The van der Waals surface area contributed by atoms with Crippen molar-refractivity contribution in [2.24, 2.45) is 5.92 Å². The Bertz CT molecular complexity index is 237. The summed E-state index contributed by atoms with van der Waals surface area (Å²) in [7, 11) is 0. The van der Waals surface area contributed by atoms with Crippen molar-refractivity contribution in [2.75, 3.05) is 32.7 Å². The molecule has 0 aromatic heterocycles. The molecule has 0 radical (unpaired) electrons. The molecule has 1 rings (SSSR count). The lowest BCUT2D eigenvalue weighted by atomic mass is 9.90. The van der Waals surface area contributed by atoms with Gasteiger partial charge in [-0.05, 0) is 51.7 Å². The largest absolute Gasteiger partial charge is 0.355 e. The van der Waals surface area contributed by atoms with Crippen LogP contribution in [-0.4, -0.2) is 49.6 Å². The molecule has 1 saturated heterocycles. The van der Waals surface area contributed by atoms with Gasteiger partial charge in [0.05, 0.1) is 0 Å². The number of amides is 1. The van der Waals surface area contributed by atoms with E-state index < -0.39 is 0 Å². The topological polar surface area (TPSA) is 44.4 Å². The van der Waals surface area contributed by atoms with Gasteiger partial charge in [0.2, 0.25) is 5.91 Å². The van der Waals surface area contributed by atoms with E-state index in [1.807, 2.05) is 0 Å². The number of likely N-dealkylation sites (tertiary alicyclic amines) is 1. The molecule has 106 valence electrons. The number of nitrogens with one attached hydrogen (secondary N) is 2. The van der Waals surface area contributed by atoms with Crippen LogP contribution in [0.1, 0.15) is 40.0 Å². The minimum absolute atomic E-state index is 0.0531. The zero-order valence-corrected chi connectivity index (χ0v) is 12.2. The van der Waals surface area contributed by atoms with Crippen LogP contribution in [0.15, 0.2) is 0 Å². The van der Waals surface area contributed by atoms with Gasteiger partial charge in [0.25, 0.3) is 0 Å². The Hall–Kier alpha value is -0.610. The minimum Gasteiger partial charge on any atom is -0.355 e. The van der Waals surface area contributed by atoms with E-state index in [-0.39, 0.29) is 5.91 Å². The number of hydrogen-bond acceptors (Lipinski definition) is 3. The second kappa shape index (κ2) is 8.48. The molecular weight excluding hydrogens is 226 g/mol. The van der Waals surface area contributed by atoms with E-state index in [2.05, 4.69) is 29.4 Å². The van der Waals surface area contributed by atoms with Gasteiger partial charge in [0.1, 0.15) is 0 Å². The Balaban J connectivity index is 2.11. The smallest absolute Gasteiger partial charge is 0.216 e. The fourth-order valence-electron chi connectivity index (χ4n) is 2.70. The quantitative estimate of drug-likeness (QED) is 0.672. The van der Waals surface area contributed by atoms with Gasteiger partial charge in [-0.2, -0.15) is 0 Å². The van der Waals surface area contributed by atoms with E-state index in [9.17, 15) is 4.79 Å². The van der Waals surface area contributed by atoms with Crippen LogP contribution in [0, 0.1) is 5.92 Å². The molecule has 2 N–H and O–H groups in total. The number of nitrogens with zero attached hydrogens (tertiary/aromatic N) is 1. The van der Waals surface area contributed by atoms with Crippen molar-refractivity contribution in [3.63, 3.8) is 0 Å². The highest BCUT2D eigenvalue weighted by Gasteiger charge is 2.22. The van der Waals surface area contributed by atoms with Crippen molar-refractivity contribution < 1.29 is 4.79 Å². The summed E-state index contributed by atoms with van der Waals surface area (Å²) in [4.78, 5) is 13.3. The van der Waals surface area contributed by atoms with Crippen LogP contribution in [-0.2, 0) is 4.79 Å². The zero-order chi connectivity index (χ0) is 13.4. The van der Waals surface area contributed by atoms with E-state index >= 15 is 0 Å². The van der Waals surface area contributed by atoms with Gasteiger partial charge in [0, 0.05) is 26.1 Å². The van der Waals surface area contributed by atoms with Gasteiger partial charge >= 0.3 is 0 Å². The summed E-state index contributed by atoms with van der Waals surface area (Å²) in [6.07, 6.45) is 3.86. The van der Waals surface area contributed by atoms with Gasteiger partial charge in [-0.25, -0.2) is 0 Å². The summed E-state index contributed by atoms with van der Waals surface area (Å²) >= 11 is 0. The second-order valence-electron chi connectivity index (χ2n) is 5.40. The molecule has 0 aromatic carbocycles. The highest BCUT2D eigenvalue weighted by molar-refractivity contribution is 5.72. The molecule has 1 heterocycles. The first kappa shape index (κ1) is 15.4. The molecule has 0 aromatic rings. The SMILES string of the molecule is CCCN1CCC(C(C)NCCNC(C)=O)CC1. The normalized spacial score (nSPS) is 19.7. The van der Waals surface area contributed by atoms with Crippen molar-refractivity contribution >= 4 is 5.91 Å². The lowest BCUT2D eigenvalue weighted by Crippen LogP contribution is -2.44. The van der Waals surface area contributed by atoms with Crippen LogP contribution in [0.4, 0.5) is 0 Å². The first-order chi connectivity index (χ1) is 8.63. The van der Waals surface area contributed by atoms with E-state index in [1.165, 1.54) is 38.9 Å². The number of carbonyl (C=O) groups excluding carboxylic acids is 1. The highest BCUT2D eigenvalue weighted by Crippen LogP contribution is 2.20. The van der Waals surface area contributed by atoms with Crippen molar-refractivity contribution in [1.29, 1.82) is 0 Å².